The summed E-state index contributed by atoms with van der Waals surface area (Å²) >= 11 is 0. The third-order valence-corrected chi connectivity index (χ3v) is 5.18. The van der Waals surface area contributed by atoms with E-state index in [1.54, 1.807) is 0 Å². The molecule has 2 aromatic rings. The molecule has 0 radical (unpaired) electrons. The minimum absolute atomic E-state index is 0.0425. The van der Waals surface area contributed by atoms with E-state index in [2.05, 4.69) is 19.1 Å². The molecule has 0 saturated heterocycles. The molecule has 0 aromatic heterocycles. The van der Waals surface area contributed by atoms with Crippen LogP contribution in [0.5, 0.6) is 5.75 Å². The van der Waals surface area contributed by atoms with Crippen LogP contribution in [0.3, 0.4) is 0 Å². The second-order valence-corrected chi connectivity index (χ2v) is 6.84. The monoisotopic (exact) mass is 321 g/mol. The summed E-state index contributed by atoms with van der Waals surface area (Å²) in [5.41, 5.74) is 4.96. The lowest BCUT2D eigenvalue weighted by atomic mass is 9.91. The van der Waals surface area contributed by atoms with Crippen LogP contribution in [-0.4, -0.2) is 18.6 Å². The van der Waals surface area contributed by atoms with E-state index < -0.39 is 0 Å². The highest BCUT2D eigenvalue weighted by Gasteiger charge is 2.30. The molecule has 0 N–H and O–H groups in total. The highest BCUT2D eigenvalue weighted by molar-refractivity contribution is 5.97. The van der Waals surface area contributed by atoms with Crippen molar-refractivity contribution in [1.29, 1.82) is 0 Å². The molecule has 0 spiro atoms. The van der Waals surface area contributed by atoms with Gasteiger partial charge in [-0.3, -0.25) is 4.79 Å². The molecule has 0 saturated carbocycles. The fraction of sp³-hybridized carbons (Fsp3) is 0.381. The van der Waals surface area contributed by atoms with E-state index in [-0.39, 0.29) is 18.6 Å². The molecule has 1 heterocycles. The first-order valence-electron chi connectivity index (χ1n) is 8.87. The van der Waals surface area contributed by atoms with Gasteiger partial charge in [0.2, 0.25) is 0 Å². The lowest BCUT2D eigenvalue weighted by Crippen LogP contribution is -2.39. The quantitative estimate of drug-likeness (QED) is 0.857. The lowest BCUT2D eigenvalue weighted by Gasteiger charge is -2.24. The Labute approximate surface area is 143 Å². The summed E-state index contributed by atoms with van der Waals surface area (Å²) in [5, 5.41) is 0. The van der Waals surface area contributed by atoms with E-state index >= 15 is 0 Å². The Morgan fingerprint density at radius 1 is 1.08 bits per heavy atom. The molecule has 2 aromatic carbocycles. The number of carbonyl (C=O) groups excluding carboxylic acids is 1. The van der Waals surface area contributed by atoms with E-state index in [1.807, 2.05) is 35.2 Å². The lowest BCUT2D eigenvalue weighted by molar-refractivity contribution is -0.120. The van der Waals surface area contributed by atoms with Crippen molar-refractivity contribution in [3.63, 3.8) is 0 Å². The molecular weight excluding hydrogens is 298 g/mol. The van der Waals surface area contributed by atoms with Crippen LogP contribution in [0, 0.1) is 0 Å². The molecular formula is C21H23NO2. The smallest absolute Gasteiger partial charge is 0.265 e. The van der Waals surface area contributed by atoms with Gasteiger partial charge in [0, 0.05) is 11.7 Å². The summed E-state index contributed by atoms with van der Waals surface area (Å²) in [6, 6.07) is 14.6. The maximum Gasteiger partial charge on any atom is 0.265 e. The predicted octanol–water partition coefficient (Wildman–Crippen LogP) is 3.92. The van der Waals surface area contributed by atoms with Crippen molar-refractivity contribution in [3.05, 3.63) is 59.2 Å². The summed E-state index contributed by atoms with van der Waals surface area (Å²) in [7, 11) is 0. The number of fused-ring (bicyclic) bond motifs is 2. The summed E-state index contributed by atoms with van der Waals surface area (Å²) in [6.07, 6.45) is 5.55. The van der Waals surface area contributed by atoms with Gasteiger partial charge in [0.15, 0.2) is 6.61 Å². The average molecular weight is 321 g/mol. The molecule has 1 aliphatic heterocycles. The van der Waals surface area contributed by atoms with Gasteiger partial charge >= 0.3 is 0 Å². The fourth-order valence-corrected chi connectivity index (χ4v) is 4.04. The van der Waals surface area contributed by atoms with Crippen molar-refractivity contribution in [3.8, 4) is 5.75 Å². The Kier molecular flexibility index (Phi) is 4.01. The number of nitrogens with zero attached hydrogens (tertiary/aromatic N) is 1. The van der Waals surface area contributed by atoms with Gasteiger partial charge in [-0.2, -0.15) is 0 Å². The van der Waals surface area contributed by atoms with Crippen LogP contribution in [0.15, 0.2) is 42.5 Å². The van der Waals surface area contributed by atoms with Gasteiger partial charge in [-0.05, 0) is 67.9 Å². The van der Waals surface area contributed by atoms with Gasteiger partial charge in [-0.15, -0.1) is 0 Å². The van der Waals surface area contributed by atoms with Gasteiger partial charge in [0.25, 0.3) is 5.91 Å². The Hall–Kier alpha value is -2.29. The Balaban J connectivity index is 1.50. The van der Waals surface area contributed by atoms with E-state index in [4.69, 9.17) is 4.74 Å². The first-order chi connectivity index (χ1) is 11.7. The molecule has 2 aliphatic rings. The summed E-state index contributed by atoms with van der Waals surface area (Å²) in [4.78, 5) is 14.7. The van der Waals surface area contributed by atoms with Crippen LogP contribution in [0.25, 0.3) is 0 Å². The highest BCUT2D eigenvalue weighted by atomic mass is 16.5. The van der Waals surface area contributed by atoms with E-state index in [9.17, 15) is 4.79 Å². The topological polar surface area (TPSA) is 29.5 Å². The van der Waals surface area contributed by atoms with Crippen LogP contribution in [-0.2, 0) is 24.1 Å². The Morgan fingerprint density at radius 2 is 1.88 bits per heavy atom. The molecule has 1 amide bonds. The molecule has 4 rings (SSSR count). The molecule has 1 atom stereocenters. The molecule has 3 nitrogen and oxygen atoms in total. The average Bonchev–Trinajstić information content (AvgIpc) is 2.95. The molecule has 0 fully saturated rings. The van der Waals surface area contributed by atoms with E-state index in [1.165, 1.54) is 29.5 Å². The standard InChI is InChI=1S/C21H23NO2/c1-15-13-17-8-3-5-11-19(17)22(15)21(23)14-24-20-12-6-9-16-7-2-4-10-18(16)20/h3,5-6,8-9,11-12,15H,2,4,7,10,13-14H2,1H3/t15-/m0/s1. The minimum atomic E-state index is 0.0425. The van der Waals surface area contributed by atoms with Crippen LogP contribution >= 0.6 is 0 Å². The number of para-hydroxylation sites is 1. The van der Waals surface area contributed by atoms with Crippen molar-refractivity contribution < 1.29 is 9.53 Å². The number of ether oxygens (including phenoxy) is 1. The second kappa shape index (κ2) is 6.31. The Morgan fingerprint density at radius 3 is 2.79 bits per heavy atom. The Bertz CT molecular complexity index is 768. The second-order valence-electron chi connectivity index (χ2n) is 6.84. The number of amides is 1. The molecule has 1 aliphatic carbocycles. The normalized spacial score (nSPS) is 18.9. The third kappa shape index (κ3) is 2.68. The van der Waals surface area contributed by atoms with E-state index in [0.29, 0.717) is 0 Å². The van der Waals surface area contributed by atoms with Gasteiger partial charge in [-0.1, -0.05) is 30.3 Å². The predicted molar refractivity (Wildman–Crippen MR) is 95.7 cm³/mol. The zero-order valence-electron chi connectivity index (χ0n) is 14.1. The van der Waals surface area contributed by atoms with Crippen molar-refractivity contribution in [2.75, 3.05) is 11.5 Å². The SMILES string of the molecule is C[C@H]1Cc2ccccc2N1C(=O)COc1cccc2c1CCCC2. The molecule has 0 bridgehead atoms. The van der Waals surface area contributed by atoms with Crippen molar-refractivity contribution >= 4 is 11.6 Å². The molecule has 24 heavy (non-hydrogen) atoms. The summed E-state index contributed by atoms with van der Waals surface area (Å²) in [6.45, 7) is 2.21. The molecule has 124 valence electrons. The number of hydrogen-bond donors (Lipinski definition) is 0. The number of rotatable bonds is 3. The van der Waals surface area contributed by atoms with Gasteiger partial charge < -0.3 is 9.64 Å². The van der Waals surface area contributed by atoms with Crippen LogP contribution < -0.4 is 9.64 Å². The zero-order chi connectivity index (χ0) is 16.5. The maximum atomic E-state index is 12.8. The first kappa shape index (κ1) is 15.3. The summed E-state index contributed by atoms with van der Waals surface area (Å²) < 4.78 is 5.95. The van der Waals surface area contributed by atoms with Gasteiger partial charge in [-0.25, -0.2) is 0 Å². The van der Waals surface area contributed by atoms with Crippen LogP contribution in [0.1, 0.15) is 36.5 Å². The van der Waals surface area contributed by atoms with Gasteiger partial charge in [0.05, 0.1) is 0 Å². The molecule has 0 unspecified atom stereocenters. The zero-order valence-corrected chi connectivity index (χ0v) is 14.1. The number of hydrogen-bond acceptors (Lipinski definition) is 2. The number of anilines is 1. The number of benzene rings is 2. The minimum Gasteiger partial charge on any atom is -0.483 e. The molecule has 3 heteroatoms. The summed E-state index contributed by atoms with van der Waals surface area (Å²) in [5.74, 6) is 0.932. The first-order valence-corrected chi connectivity index (χ1v) is 8.87. The number of carbonyl (C=O) groups is 1. The number of aryl methyl sites for hydroxylation is 1. The van der Waals surface area contributed by atoms with Gasteiger partial charge in [0.1, 0.15) is 5.75 Å². The third-order valence-electron chi connectivity index (χ3n) is 5.18. The maximum absolute atomic E-state index is 12.8. The largest absolute Gasteiger partial charge is 0.483 e. The van der Waals surface area contributed by atoms with E-state index in [0.717, 1.165) is 30.7 Å². The van der Waals surface area contributed by atoms with Crippen molar-refractivity contribution in [2.24, 2.45) is 0 Å². The highest BCUT2D eigenvalue weighted by Crippen LogP contribution is 2.33. The van der Waals surface area contributed by atoms with Crippen LogP contribution in [0.2, 0.25) is 0 Å². The van der Waals surface area contributed by atoms with Crippen molar-refractivity contribution in [1.82, 2.24) is 0 Å². The van der Waals surface area contributed by atoms with Crippen LogP contribution in [0.4, 0.5) is 5.69 Å². The fourth-order valence-electron chi connectivity index (χ4n) is 4.04. The van der Waals surface area contributed by atoms with Crippen molar-refractivity contribution in [2.45, 2.75) is 45.1 Å².